The Balaban J connectivity index is 2.14. The second-order valence-corrected chi connectivity index (χ2v) is 5.18. The number of hydrogen-bond donors (Lipinski definition) is 1. The monoisotopic (exact) mass is 241 g/mol. The Morgan fingerprint density at radius 1 is 1.11 bits per heavy atom. The van der Waals surface area contributed by atoms with Gasteiger partial charge in [0, 0.05) is 6.04 Å². The first-order valence-corrected chi connectivity index (χ1v) is 6.85. The van der Waals surface area contributed by atoms with Crippen LogP contribution < -0.4 is 5.32 Å². The second-order valence-electron chi connectivity index (χ2n) is 5.18. The van der Waals surface area contributed by atoms with E-state index in [9.17, 15) is 0 Å². The van der Waals surface area contributed by atoms with Gasteiger partial charge in [0.05, 0.1) is 0 Å². The molecule has 1 fully saturated rings. The highest BCUT2D eigenvalue weighted by atomic mass is 14.9. The molecule has 96 valence electrons. The molecule has 3 unspecified atom stereocenters. The van der Waals surface area contributed by atoms with Gasteiger partial charge in [-0.15, -0.1) is 13.2 Å². The predicted molar refractivity (Wildman–Crippen MR) is 78.7 cm³/mol. The van der Waals surface area contributed by atoms with E-state index < -0.39 is 0 Å². The van der Waals surface area contributed by atoms with Crippen LogP contribution in [0.4, 0.5) is 0 Å². The Hall–Kier alpha value is -1.34. The molecule has 1 N–H and O–H groups in total. The molecule has 1 saturated heterocycles. The average Bonchev–Trinajstić information content (AvgIpc) is 2.42. The fraction of sp³-hybridized carbons (Fsp3) is 0.412. The normalized spacial score (nSPS) is 27.7. The molecule has 1 heteroatoms. The average molecular weight is 241 g/mol. The molecular formula is C17H23N. The standard InChI is InChI=1S/C17H23N/c1-3-8-14-12-16(15-10-6-5-7-11-15)17(9-4-2)18-13-14/h3-7,10-11,14,16-18H,1-2,8-9,12-13H2. The highest BCUT2D eigenvalue weighted by Crippen LogP contribution is 2.33. The van der Waals surface area contributed by atoms with E-state index in [1.165, 1.54) is 12.0 Å². The molecule has 0 aromatic heterocycles. The van der Waals surface area contributed by atoms with Gasteiger partial charge in [-0.05, 0) is 43.2 Å². The Morgan fingerprint density at radius 2 is 1.83 bits per heavy atom. The van der Waals surface area contributed by atoms with Crippen LogP contribution in [-0.2, 0) is 0 Å². The van der Waals surface area contributed by atoms with Crippen LogP contribution in [0.25, 0.3) is 0 Å². The van der Waals surface area contributed by atoms with Gasteiger partial charge in [0.15, 0.2) is 0 Å². The largest absolute Gasteiger partial charge is 0.313 e. The summed E-state index contributed by atoms with van der Waals surface area (Å²) in [6.07, 6.45) is 7.47. The summed E-state index contributed by atoms with van der Waals surface area (Å²) in [5, 5.41) is 3.68. The lowest BCUT2D eigenvalue weighted by atomic mass is 9.78. The highest BCUT2D eigenvalue weighted by molar-refractivity contribution is 5.22. The maximum atomic E-state index is 3.88. The highest BCUT2D eigenvalue weighted by Gasteiger charge is 2.29. The van der Waals surface area contributed by atoms with Gasteiger partial charge < -0.3 is 5.32 Å². The molecule has 18 heavy (non-hydrogen) atoms. The van der Waals surface area contributed by atoms with Crippen LogP contribution in [0.5, 0.6) is 0 Å². The number of piperidine rings is 1. The summed E-state index contributed by atoms with van der Waals surface area (Å²) >= 11 is 0. The molecule has 1 nitrogen and oxygen atoms in total. The minimum absolute atomic E-state index is 0.533. The van der Waals surface area contributed by atoms with Crippen LogP contribution in [0.15, 0.2) is 55.6 Å². The van der Waals surface area contributed by atoms with Gasteiger partial charge in [-0.2, -0.15) is 0 Å². The molecule has 0 radical (unpaired) electrons. The summed E-state index contributed by atoms with van der Waals surface area (Å²) in [5.41, 5.74) is 1.45. The topological polar surface area (TPSA) is 12.0 Å². The maximum absolute atomic E-state index is 3.88. The smallest absolute Gasteiger partial charge is 0.0170 e. The fourth-order valence-electron chi connectivity index (χ4n) is 2.98. The van der Waals surface area contributed by atoms with Gasteiger partial charge in [-0.25, -0.2) is 0 Å². The zero-order chi connectivity index (χ0) is 12.8. The molecule has 0 saturated carbocycles. The molecule has 0 bridgehead atoms. The number of benzene rings is 1. The molecular weight excluding hydrogens is 218 g/mol. The molecule has 0 aliphatic carbocycles. The third kappa shape index (κ3) is 3.11. The van der Waals surface area contributed by atoms with Crippen molar-refractivity contribution >= 4 is 0 Å². The van der Waals surface area contributed by atoms with Crippen LogP contribution in [0.2, 0.25) is 0 Å². The van der Waals surface area contributed by atoms with E-state index in [1.807, 2.05) is 12.2 Å². The molecule has 1 aromatic carbocycles. The van der Waals surface area contributed by atoms with Crippen molar-refractivity contribution in [1.82, 2.24) is 5.32 Å². The Morgan fingerprint density at radius 3 is 2.50 bits per heavy atom. The van der Waals surface area contributed by atoms with E-state index in [-0.39, 0.29) is 0 Å². The first-order chi connectivity index (χ1) is 8.85. The van der Waals surface area contributed by atoms with Crippen LogP contribution in [-0.4, -0.2) is 12.6 Å². The molecule has 0 amide bonds. The van der Waals surface area contributed by atoms with Crippen molar-refractivity contribution < 1.29 is 0 Å². The van der Waals surface area contributed by atoms with Crippen LogP contribution >= 0.6 is 0 Å². The minimum atomic E-state index is 0.533. The van der Waals surface area contributed by atoms with Gasteiger partial charge >= 0.3 is 0 Å². The summed E-state index contributed by atoms with van der Waals surface area (Å²) < 4.78 is 0. The number of hydrogen-bond acceptors (Lipinski definition) is 1. The van der Waals surface area contributed by atoms with Crippen LogP contribution in [0, 0.1) is 5.92 Å². The van der Waals surface area contributed by atoms with Crippen molar-refractivity contribution in [3.8, 4) is 0 Å². The van der Waals surface area contributed by atoms with E-state index in [1.54, 1.807) is 0 Å². The first-order valence-electron chi connectivity index (χ1n) is 6.85. The molecule has 1 aliphatic heterocycles. The maximum Gasteiger partial charge on any atom is 0.0170 e. The van der Waals surface area contributed by atoms with Crippen molar-refractivity contribution in [2.75, 3.05) is 6.54 Å². The van der Waals surface area contributed by atoms with E-state index in [0.29, 0.717) is 17.9 Å². The van der Waals surface area contributed by atoms with Crippen LogP contribution in [0.1, 0.15) is 30.7 Å². The molecule has 3 atom stereocenters. The summed E-state index contributed by atoms with van der Waals surface area (Å²) in [7, 11) is 0. The van der Waals surface area contributed by atoms with Crippen molar-refractivity contribution in [2.24, 2.45) is 5.92 Å². The van der Waals surface area contributed by atoms with Gasteiger partial charge in [-0.1, -0.05) is 42.5 Å². The van der Waals surface area contributed by atoms with Gasteiger partial charge in [-0.3, -0.25) is 0 Å². The summed E-state index contributed by atoms with van der Waals surface area (Å²) in [4.78, 5) is 0. The minimum Gasteiger partial charge on any atom is -0.313 e. The van der Waals surface area contributed by atoms with Crippen molar-refractivity contribution in [2.45, 2.75) is 31.2 Å². The Kier molecular flexibility index (Phi) is 4.77. The SMILES string of the molecule is C=CCC1CNC(CC=C)C(c2ccccc2)C1. The molecule has 1 heterocycles. The van der Waals surface area contributed by atoms with E-state index in [4.69, 9.17) is 0 Å². The fourth-order valence-corrected chi connectivity index (χ4v) is 2.98. The van der Waals surface area contributed by atoms with E-state index in [2.05, 4.69) is 48.8 Å². The summed E-state index contributed by atoms with van der Waals surface area (Å²) in [5.74, 6) is 1.32. The van der Waals surface area contributed by atoms with Crippen molar-refractivity contribution in [3.05, 3.63) is 61.2 Å². The summed E-state index contributed by atoms with van der Waals surface area (Å²) in [6, 6.07) is 11.4. The third-order valence-electron chi connectivity index (χ3n) is 3.89. The molecule has 1 aromatic rings. The lowest BCUT2D eigenvalue weighted by molar-refractivity contribution is 0.274. The Labute approximate surface area is 111 Å². The number of rotatable bonds is 5. The molecule has 2 rings (SSSR count). The lowest BCUT2D eigenvalue weighted by Gasteiger charge is -2.37. The number of nitrogens with one attached hydrogen (secondary N) is 1. The van der Waals surface area contributed by atoms with Gasteiger partial charge in [0.2, 0.25) is 0 Å². The lowest BCUT2D eigenvalue weighted by Crippen LogP contribution is -2.43. The van der Waals surface area contributed by atoms with Gasteiger partial charge in [0.1, 0.15) is 0 Å². The molecule has 1 aliphatic rings. The van der Waals surface area contributed by atoms with E-state index >= 15 is 0 Å². The van der Waals surface area contributed by atoms with Crippen molar-refractivity contribution in [3.63, 3.8) is 0 Å². The molecule has 0 spiro atoms. The summed E-state index contributed by atoms with van der Waals surface area (Å²) in [6.45, 7) is 8.85. The zero-order valence-corrected chi connectivity index (χ0v) is 11.0. The first kappa shape index (κ1) is 13.1. The van der Waals surface area contributed by atoms with Crippen molar-refractivity contribution in [1.29, 1.82) is 0 Å². The number of allylic oxidation sites excluding steroid dienone is 1. The second kappa shape index (κ2) is 6.55. The van der Waals surface area contributed by atoms with Gasteiger partial charge in [0.25, 0.3) is 0 Å². The van der Waals surface area contributed by atoms with E-state index in [0.717, 1.165) is 19.4 Å². The third-order valence-corrected chi connectivity index (χ3v) is 3.89. The van der Waals surface area contributed by atoms with Crippen LogP contribution in [0.3, 0.4) is 0 Å². The zero-order valence-electron chi connectivity index (χ0n) is 11.0. The quantitative estimate of drug-likeness (QED) is 0.771. The Bertz CT molecular complexity index is 382. The predicted octanol–water partition coefficient (Wildman–Crippen LogP) is 3.90.